The van der Waals surface area contributed by atoms with Crippen molar-refractivity contribution in [1.82, 2.24) is 21.0 Å². The molecule has 19 heavy (non-hydrogen) atoms. The normalized spacial score (nSPS) is 20.3. The predicted octanol–water partition coefficient (Wildman–Crippen LogP) is -0.281. The van der Waals surface area contributed by atoms with Crippen molar-refractivity contribution in [2.24, 2.45) is 0 Å². The number of unbranched alkanes of at least 4 members (excludes halogenated alkanes) is 1. The second kappa shape index (κ2) is 11.2. The molecule has 1 aliphatic heterocycles. The Labute approximate surface area is 116 Å². The molecule has 3 N–H and O–H groups in total. The molecule has 0 aromatic rings. The van der Waals surface area contributed by atoms with Crippen molar-refractivity contribution in [1.29, 1.82) is 0 Å². The van der Waals surface area contributed by atoms with Crippen LogP contribution in [0.5, 0.6) is 0 Å². The van der Waals surface area contributed by atoms with Gasteiger partial charge in [-0.2, -0.15) is 0 Å². The number of rotatable bonds is 4. The molecule has 6 heteroatoms. The molecular formula is C13H28N4O2. The van der Waals surface area contributed by atoms with Crippen LogP contribution >= 0.6 is 0 Å². The third-order valence-corrected chi connectivity index (χ3v) is 3.00. The van der Waals surface area contributed by atoms with Crippen molar-refractivity contribution >= 4 is 5.97 Å². The van der Waals surface area contributed by atoms with E-state index in [2.05, 4.69) is 22.9 Å². The van der Waals surface area contributed by atoms with E-state index in [1.54, 1.807) is 5.06 Å². The summed E-state index contributed by atoms with van der Waals surface area (Å²) in [4.78, 5) is 17.0. The van der Waals surface area contributed by atoms with Crippen LogP contribution in [-0.4, -0.2) is 63.4 Å². The highest BCUT2D eigenvalue weighted by Gasteiger charge is 2.11. The molecule has 0 amide bonds. The Hall–Kier alpha value is -0.690. The fourth-order valence-electron chi connectivity index (χ4n) is 1.85. The van der Waals surface area contributed by atoms with E-state index >= 15 is 0 Å². The zero-order chi connectivity index (χ0) is 13.8. The molecule has 112 valence electrons. The van der Waals surface area contributed by atoms with Crippen molar-refractivity contribution in [2.75, 3.05) is 52.4 Å². The van der Waals surface area contributed by atoms with Gasteiger partial charge in [0.1, 0.15) is 0 Å². The Morgan fingerprint density at radius 3 is 2.05 bits per heavy atom. The minimum atomic E-state index is -0.115. The van der Waals surface area contributed by atoms with Crippen LogP contribution in [0, 0.1) is 0 Å². The average Bonchev–Trinajstić information content (AvgIpc) is 2.39. The number of hydrogen-bond donors (Lipinski definition) is 3. The van der Waals surface area contributed by atoms with E-state index in [9.17, 15) is 4.79 Å². The van der Waals surface area contributed by atoms with E-state index in [-0.39, 0.29) is 5.97 Å². The molecule has 0 aromatic carbocycles. The van der Waals surface area contributed by atoms with Gasteiger partial charge in [0.05, 0.1) is 0 Å². The van der Waals surface area contributed by atoms with Gasteiger partial charge in [0.2, 0.25) is 0 Å². The highest BCUT2D eigenvalue weighted by Crippen LogP contribution is 1.99. The number of nitrogens with zero attached hydrogens (tertiary/aromatic N) is 1. The Kier molecular flexibility index (Phi) is 9.61. The maximum Gasteiger partial charge on any atom is 0.325 e. The summed E-state index contributed by atoms with van der Waals surface area (Å²) in [6.07, 6.45) is 2.43. The lowest BCUT2D eigenvalue weighted by Crippen LogP contribution is -2.42. The Balaban J connectivity index is 2.27. The lowest BCUT2D eigenvalue weighted by molar-refractivity contribution is -0.190. The summed E-state index contributed by atoms with van der Waals surface area (Å²) in [5.41, 5.74) is 0. The quantitative estimate of drug-likeness (QED) is 0.654. The third-order valence-electron chi connectivity index (χ3n) is 3.00. The lowest BCUT2D eigenvalue weighted by Gasteiger charge is -2.22. The molecular weight excluding hydrogens is 244 g/mol. The maximum absolute atomic E-state index is 11.6. The second-order valence-corrected chi connectivity index (χ2v) is 4.75. The summed E-state index contributed by atoms with van der Waals surface area (Å²) in [6, 6.07) is 0. The molecule has 0 unspecified atom stereocenters. The topological polar surface area (TPSA) is 65.6 Å². The van der Waals surface area contributed by atoms with Crippen LogP contribution in [-0.2, 0) is 9.63 Å². The van der Waals surface area contributed by atoms with Gasteiger partial charge < -0.3 is 20.8 Å². The zero-order valence-corrected chi connectivity index (χ0v) is 12.0. The standard InChI is InChI=1S/C13H28N4O2/c1-2-3-4-13(18)19-17-11-9-15-7-5-14-6-8-16-10-12-17/h14-16H,2-12H2,1H3. The summed E-state index contributed by atoms with van der Waals surface area (Å²) in [5, 5.41) is 11.8. The average molecular weight is 272 g/mol. The third kappa shape index (κ3) is 8.93. The molecule has 0 saturated carbocycles. The van der Waals surface area contributed by atoms with Gasteiger partial charge in [-0.3, -0.25) is 4.79 Å². The Bertz CT molecular complexity index is 227. The first-order valence-corrected chi connectivity index (χ1v) is 7.41. The fourth-order valence-corrected chi connectivity index (χ4v) is 1.85. The van der Waals surface area contributed by atoms with E-state index in [0.29, 0.717) is 6.42 Å². The van der Waals surface area contributed by atoms with Crippen LogP contribution in [0.15, 0.2) is 0 Å². The first-order chi connectivity index (χ1) is 9.33. The van der Waals surface area contributed by atoms with Gasteiger partial charge in [-0.05, 0) is 6.42 Å². The van der Waals surface area contributed by atoms with Crippen LogP contribution < -0.4 is 16.0 Å². The van der Waals surface area contributed by atoms with Crippen molar-refractivity contribution < 1.29 is 9.63 Å². The van der Waals surface area contributed by atoms with E-state index in [4.69, 9.17) is 4.84 Å². The van der Waals surface area contributed by atoms with Gasteiger partial charge in [-0.25, -0.2) is 0 Å². The van der Waals surface area contributed by atoms with Gasteiger partial charge >= 0.3 is 5.97 Å². The molecule has 0 spiro atoms. The molecule has 1 heterocycles. The first kappa shape index (κ1) is 16.4. The predicted molar refractivity (Wildman–Crippen MR) is 75.8 cm³/mol. The maximum atomic E-state index is 11.6. The highest BCUT2D eigenvalue weighted by atomic mass is 16.7. The Morgan fingerprint density at radius 2 is 1.53 bits per heavy atom. The number of carbonyl (C=O) groups excluding carboxylic acids is 1. The first-order valence-electron chi connectivity index (χ1n) is 7.41. The van der Waals surface area contributed by atoms with Crippen LogP contribution in [0.25, 0.3) is 0 Å². The van der Waals surface area contributed by atoms with Gasteiger partial charge in [-0.1, -0.05) is 13.3 Å². The highest BCUT2D eigenvalue weighted by molar-refractivity contribution is 5.68. The van der Waals surface area contributed by atoms with Gasteiger partial charge in [0.25, 0.3) is 0 Å². The number of nitrogens with one attached hydrogen (secondary N) is 3. The van der Waals surface area contributed by atoms with Gasteiger partial charge in [0, 0.05) is 58.8 Å². The Morgan fingerprint density at radius 1 is 1.00 bits per heavy atom. The zero-order valence-electron chi connectivity index (χ0n) is 12.0. The van der Waals surface area contributed by atoms with E-state index in [0.717, 1.165) is 65.2 Å². The molecule has 1 aliphatic rings. The molecule has 1 saturated heterocycles. The smallest absolute Gasteiger partial charge is 0.325 e. The minimum Gasteiger partial charge on any atom is -0.368 e. The van der Waals surface area contributed by atoms with Crippen molar-refractivity contribution in [2.45, 2.75) is 26.2 Å². The van der Waals surface area contributed by atoms with Crippen molar-refractivity contribution in [3.05, 3.63) is 0 Å². The van der Waals surface area contributed by atoms with E-state index < -0.39 is 0 Å². The van der Waals surface area contributed by atoms with Crippen LogP contribution in [0.4, 0.5) is 0 Å². The van der Waals surface area contributed by atoms with Crippen molar-refractivity contribution in [3.8, 4) is 0 Å². The molecule has 0 radical (unpaired) electrons. The van der Waals surface area contributed by atoms with Crippen LogP contribution in [0.3, 0.4) is 0 Å². The summed E-state index contributed by atoms with van der Waals surface area (Å²) in [7, 11) is 0. The largest absolute Gasteiger partial charge is 0.368 e. The van der Waals surface area contributed by atoms with Crippen LogP contribution in [0.2, 0.25) is 0 Å². The van der Waals surface area contributed by atoms with Gasteiger partial charge in [0.15, 0.2) is 0 Å². The molecule has 1 rings (SSSR count). The van der Waals surface area contributed by atoms with E-state index in [1.807, 2.05) is 0 Å². The lowest BCUT2D eigenvalue weighted by atomic mass is 10.3. The SMILES string of the molecule is CCCCC(=O)ON1CCNCCNCCNCC1. The molecule has 0 bridgehead atoms. The van der Waals surface area contributed by atoms with Crippen molar-refractivity contribution in [3.63, 3.8) is 0 Å². The number of hydroxylamine groups is 2. The molecule has 0 aliphatic carbocycles. The van der Waals surface area contributed by atoms with Crippen LogP contribution in [0.1, 0.15) is 26.2 Å². The monoisotopic (exact) mass is 272 g/mol. The molecule has 1 fully saturated rings. The molecule has 6 nitrogen and oxygen atoms in total. The summed E-state index contributed by atoms with van der Waals surface area (Å²) in [5.74, 6) is -0.115. The second-order valence-electron chi connectivity index (χ2n) is 4.75. The molecule has 0 aromatic heterocycles. The summed E-state index contributed by atoms with van der Waals surface area (Å²) < 4.78 is 0. The minimum absolute atomic E-state index is 0.115. The van der Waals surface area contributed by atoms with E-state index in [1.165, 1.54) is 0 Å². The van der Waals surface area contributed by atoms with Gasteiger partial charge in [-0.15, -0.1) is 5.06 Å². The summed E-state index contributed by atoms with van der Waals surface area (Å²) >= 11 is 0. The fraction of sp³-hybridized carbons (Fsp3) is 0.923. The summed E-state index contributed by atoms with van der Waals surface area (Å²) in [6.45, 7) is 9.04. The number of carbonyl (C=O) groups is 1. The molecule has 0 atom stereocenters. The number of hydrogen-bond acceptors (Lipinski definition) is 6.